The summed E-state index contributed by atoms with van der Waals surface area (Å²) >= 11 is 0. The maximum Gasteiger partial charge on any atom is 0.191 e. The fourth-order valence-electron chi connectivity index (χ4n) is 3.28. The molecule has 26 heavy (non-hydrogen) atoms. The Morgan fingerprint density at radius 3 is 2.46 bits per heavy atom. The van der Waals surface area contributed by atoms with E-state index in [1.165, 1.54) is 37.0 Å². The van der Waals surface area contributed by atoms with Crippen LogP contribution in [0.1, 0.15) is 30.4 Å². The van der Waals surface area contributed by atoms with Crippen molar-refractivity contribution in [2.75, 3.05) is 13.6 Å². The first-order chi connectivity index (χ1) is 12.1. The van der Waals surface area contributed by atoms with Gasteiger partial charge in [0.15, 0.2) is 17.5 Å². The molecule has 4 nitrogen and oxygen atoms in total. The van der Waals surface area contributed by atoms with Gasteiger partial charge in [-0.25, -0.2) is 4.39 Å². The van der Waals surface area contributed by atoms with Crippen LogP contribution in [-0.4, -0.2) is 24.7 Å². The van der Waals surface area contributed by atoms with Gasteiger partial charge in [-0.2, -0.15) is 0 Å². The molecule has 1 aliphatic rings. The molecule has 0 spiro atoms. The fraction of sp³-hybridized carbons (Fsp3) is 0.350. The molecule has 2 aromatic carbocycles. The molecule has 2 aromatic rings. The number of rotatable bonds is 5. The van der Waals surface area contributed by atoms with Crippen molar-refractivity contribution in [2.45, 2.75) is 31.2 Å². The van der Waals surface area contributed by atoms with Crippen LogP contribution in [0.5, 0.6) is 5.75 Å². The molecule has 3 N–H and O–H groups in total. The van der Waals surface area contributed by atoms with E-state index in [1.54, 1.807) is 13.1 Å². The molecule has 0 atom stereocenters. The summed E-state index contributed by atoms with van der Waals surface area (Å²) in [6, 6.07) is 15.0. The summed E-state index contributed by atoms with van der Waals surface area (Å²) in [5.74, 6) is -0.253. The molecule has 3 rings (SSSR count). The highest BCUT2D eigenvalue weighted by atomic mass is 127. The van der Waals surface area contributed by atoms with Crippen LogP contribution in [0.25, 0.3) is 0 Å². The highest BCUT2D eigenvalue weighted by molar-refractivity contribution is 14.0. The number of nitrogens with zero attached hydrogens (tertiary/aromatic N) is 1. The van der Waals surface area contributed by atoms with E-state index in [4.69, 9.17) is 0 Å². The van der Waals surface area contributed by atoms with Crippen LogP contribution < -0.4 is 10.6 Å². The molecule has 1 saturated carbocycles. The highest BCUT2D eigenvalue weighted by Crippen LogP contribution is 2.43. The summed E-state index contributed by atoms with van der Waals surface area (Å²) in [6.45, 7) is 1.26. The van der Waals surface area contributed by atoms with Crippen molar-refractivity contribution in [3.8, 4) is 5.75 Å². The Morgan fingerprint density at radius 2 is 1.88 bits per heavy atom. The number of nitrogens with one attached hydrogen (secondary N) is 2. The van der Waals surface area contributed by atoms with E-state index in [1.807, 2.05) is 6.07 Å². The zero-order valence-corrected chi connectivity index (χ0v) is 17.2. The SMILES string of the molecule is CN=C(NCc1ccc(O)c(F)c1)NCC1(c2ccccc2)CCC1.I. The Morgan fingerprint density at radius 1 is 1.15 bits per heavy atom. The van der Waals surface area contributed by atoms with Crippen LogP contribution in [0.15, 0.2) is 53.5 Å². The number of hydrogen-bond acceptors (Lipinski definition) is 2. The Hall–Kier alpha value is -1.83. The number of benzene rings is 2. The van der Waals surface area contributed by atoms with Crippen molar-refractivity contribution >= 4 is 29.9 Å². The first-order valence-corrected chi connectivity index (χ1v) is 8.60. The molecule has 0 saturated heterocycles. The zero-order chi connectivity index (χ0) is 17.7. The molecule has 0 unspecified atom stereocenters. The monoisotopic (exact) mass is 469 g/mol. The summed E-state index contributed by atoms with van der Waals surface area (Å²) < 4.78 is 13.4. The normalized spacial score (nSPS) is 15.5. The van der Waals surface area contributed by atoms with E-state index in [0.717, 1.165) is 12.1 Å². The van der Waals surface area contributed by atoms with Crippen molar-refractivity contribution in [2.24, 2.45) is 4.99 Å². The highest BCUT2D eigenvalue weighted by Gasteiger charge is 2.38. The maximum atomic E-state index is 13.4. The maximum absolute atomic E-state index is 13.4. The molecule has 0 amide bonds. The van der Waals surface area contributed by atoms with Crippen LogP contribution in [0.3, 0.4) is 0 Å². The number of aromatic hydroxyl groups is 1. The Balaban J connectivity index is 0.00000243. The second kappa shape index (κ2) is 9.21. The zero-order valence-electron chi connectivity index (χ0n) is 14.8. The van der Waals surface area contributed by atoms with E-state index in [2.05, 4.69) is 39.9 Å². The minimum atomic E-state index is -0.611. The minimum Gasteiger partial charge on any atom is -0.505 e. The van der Waals surface area contributed by atoms with Gasteiger partial charge in [-0.1, -0.05) is 42.8 Å². The molecular weight excluding hydrogens is 444 g/mol. The van der Waals surface area contributed by atoms with Crippen molar-refractivity contribution in [1.29, 1.82) is 0 Å². The average molecular weight is 469 g/mol. The number of aliphatic imine (C=N–C) groups is 1. The first kappa shape index (κ1) is 20.5. The third-order valence-electron chi connectivity index (χ3n) is 4.99. The summed E-state index contributed by atoms with van der Waals surface area (Å²) in [7, 11) is 1.72. The van der Waals surface area contributed by atoms with E-state index in [0.29, 0.717) is 12.5 Å². The number of guanidine groups is 1. The van der Waals surface area contributed by atoms with E-state index in [9.17, 15) is 9.50 Å². The van der Waals surface area contributed by atoms with Gasteiger partial charge in [-0.3, -0.25) is 4.99 Å². The Bertz CT molecular complexity index is 748. The topological polar surface area (TPSA) is 56.7 Å². The summed E-state index contributed by atoms with van der Waals surface area (Å²) in [6.07, 6.45) is 3.59. The van der Waals surface area contributed by atoms with Crippen LogP contribution >= 0.6 is 24.0 Å². The standard InChI is InChI=1S/C20H24FN3O.HI/c1-22-19(23-13-15-8-9-18(25)17(21)12-15)24-14-20(10-5-11-20)16-6-3-2-4-7-16;/h2-4,6-9,12,25H,5,10-11,13-14H2,1H3,(H2,22,23,24);1H. The molecule has 0 aromatic heterocycles. The average Bonchev–Trinajstić information content (AvgIpc) is 2.60. The molecule has 6 heteroatoms. The molecule has 140 valence electrons. The van der Waals surface area contributed by atoms with Crippen LogP contribution in [0.2, 0.25) is 0 Å². The Labute approximate surface area is 171 Å². The quantitative estimate of drug-likeness (QED) is 0.354. The molecule has 1 aliphatic carbocycles. The summed E-state index contributed by atoms with van der Waals surface area (Å²) in [5, 5.41) is 15.8. The van der Waals surface area contributed by atoms with Gasteiger partial charge in [0.05, 0.1) is 0 Å². The predicted molar refractivity (Wildman–Crippen MR) is 114 cm³/mol. The van der Waals surface area contributed by atoms with Crippen molar-refractivity contribution in [3.05, 3.63) is 65.5 Å². The number of hydrogen-bond donors (Lipinski definition) is 3. The van der Waals surface area contributed by atoms with E-state index < -0.39 is 5.82 Å². The predicted octanol–water partition coefficient (Wildman–Crippen LogP) is 3.94. The first-order valence-electron chi connectivity index (χ1n) is 8.60. The van der Waals surface area contributed by atoms with Gasteiger partial charge in [0.1, 0.15) is 0 Å². The lowest BCUT2D eigenvalue weighted by Crippen LogP contribution is -2.48. The molecular formula is C20H25FIN3O. The number of phenols is 1. The van der Waals surface area contributed by atoms with E-state index >= 15 is 0 Å². The van der Waals surface area contributed by atoms with Crippen molar-refractivity contribution in [1.82, 2.24) is 10.6 Å². The lowest BCUT2D eigenvalue weighted by atomic mass is 9.64. The van der Waals surface area contributed by atoms with Crippen molar-refractivity contribution < 1.29 is 9.50 Å². The van der Waals surface area contributed by atoms with Crippen LogP contribution in [0.4, 0.5) is 4.39 Å². The van der Waals surface area contributed by atoms with Gasteiger partial charge in [-0.05, 0) is 36.1 Å². The van der Waals surface area contributed by atoms with Gasteiger partial charge >= 0.3 is 0 Å². The second-order valence-corrected chi connectivity index (χ2v) is 6.56. The summed E-state index contributed by atoms with van der Waals surface area (Å²) in [5.41, 5.74) is 2.29. The van der Waals surface area contributed by atoms with Gasteiger partial charge < -0.3 is 15.7 Å². The summed E-state index contributed by atoms with van der Waals surface area (Å²) in [4.78, 5) is 4.25. The van der Waals surface area contributed by atoms with Crippen LogP contribution in [0, 0.1) is 5.82 Å². The van der Waals surface area contributed by atoms with Crippen molar-refractivity contribution in [3.63, 3.8) is 0 Å². The number of halogens is 2. The minimum absolute atomic E-state index is 0. The second-order valence-electron chi connectivity index (χ2n) is 6.56. The fourth-order valence-corrected chi connectivity index (χ4v) is 3.28. The smallest absolute Gasteiger partial charge is 0.191 e. The lowest BCUT2D eigenvalue weighted by molar-refractivity contribution is 0.244. The lowest BCUT2D eigenvalue weighted by Gasteiger charge is -2.43. The van der Waals surface area contributed by atoms with Gasteiger partial charge in [0, 0.05) is 25.6 Å². The van der Waals surface area contributed by atoms with Gasteiger partial charge in [0.25, 0.3) is 0 Å². The molecule has 0 heterocycles. The largest absolute Gasteiger partial charge is 0.505 e. The van der Waals surface area contributed by atoms with Gasteiger partial charge in [0.2, 0.25) is 0 Å². The van der Waals surface area contributed by atoms with E-state index in [-0.39, 0.29) is 35.1 Å². The molecule has 0 aliphatic heterocycles. The molecule has 0 bridgehead atoms. The van der Waals surface area contributed by atoms with Crippen LogP contribution in [-0.2, 0) is 12.0 Å². The van der Waals surface area contributed by atoms with Gasteiger partial charge in [-0.15, -0.1) is 24.0 Å². The third-order valence-corrected chi connectivity index (χ3v) is 4.99. The number of phenolic OH excluding ortho intramolecular Hbond substituents is 1. The molecule has 0 radical (unpaired) electrons. The molecule has 1 fully saturated rings. The Kier molecular flexibility index (Phi) is 7.25. The third kappa shape index (κ3) is 4.66.